The molecule has 2 aromatic carbocycles. The maximum atomic E-state index is 11.3. The molecule has 0 aliphatic carbocycles. The fourth-order valence-corrected chi connectivity index (χ4v) is 6.83. The van der Waals surface area contributed by atoms with Gasteiger partial charge in [-0.25, -0.2) is 0 Å². The molecule has 4 heterocycles. The second-order valence-electron chi connectivity index (χ2n) is 9.69. The van der Waals surface area contributed by atoms with E-state index in [0.717, 1.165) is 38.8 Å². The molecule has 1 fully saturated rings. The summed E-state index contributed by atoms with van der Waals surface area (Å²) in [6.07, 6.45) is 3.11. The number of aryl methyl sites for hydroxylation is 1. The first-order chi connectivity index (χ1) is 16.3. The van der Waals surface area contributed by atoms with Crippen LogP contribution in [0.1, 0.15) is 33.9 Å². The number of aromatic hydroxyl groups is 2. The van der Waals surface area contributed by atoms with Crippen molar-refractivity contribution in [1.82, 2.24) is 9.88 Å². The fourth-order valence-electron chi connectivity index (χ4n) is 6.83. The number of aromatic amines is 1. The number of fused-ring (bicyclic) bond motifs is 7. The van der Waals surface area contributed by atoms with Crippen LogP contribution in [0, 0.1) is 25.2 Å². The van der Waals surface area contributed by atoms with Crippen molar-refractivity contribution in [2.24, 2.45) is 0 Å². The molecule has 8 nitrogen and oxygen atoms in total. The second-order valence-corrected chi connectivity index (χ2v) is 9.69. The van der Waals surface area contributed by atoms with Gasteiger partial charge < -0.3 is 29.6 Å². The Bertz CT molecular complexity index is 1400. The molecule has 4 atom stereocenters. The molecule has 3 N–H and O–H groups in total. The van der Waals surface area contributed by atoms with Crippen LogP contribution in [0.15, 0.2) is 12.3 Å². The number of benzene rings is 2. The highest BCUT2D eigenvalue weighted by Crippen LogP contribution is 2.55. The SMILES string of the molecule is COc1c(C)cc2c(c1O)C1C3Cc4c(O)c(C)c(OC)c5[nH]cc(c45)N3[C@@H](C#N)[C@@H](C2)N1C. The van der Waals surface area contributed by atoms with Crippen molar-refractivity contribution in [2.45, 2.75) is 50.9 Å². The van der Waals surface area contributed by atoms with Crippen LogP contribution in [0.4, 0.5) is 5.69 Å². The zero-order chi connectivity index (χ0) is 24.0. The predicted octanol–water partition coefficient (Wildman–Crippen LogP) is 3.45. The molecule has 6 rings (SSSR count). The normalized spacial score (nSPS) is 25.0. The smallest absolute Gasteiger partial charge is 0.163 e. The lowest BCUT2D eigenvalue weighted by Crippen LogP contribution is -2.67. The number of nitriles is 1. The van der Waals surface area contributed by atoms with Crippen LogP contribution in [0.3, 0.4) is 0 Å². The topological polar surface area (TPSA) is 105 Å². The first kappa shape index (κ1) is 21.0. The Labute approximate surface area is 197 Å². The van der Waals surface area contributed by atoms with Crippen LogP contribution in [0.25, 0.3) is 10.9 Å². The zero-order valence-electron chi connectivity index (χ0n) is 19.9. The standard InChI is InChI=1S/C26H28N4O4/c1-11-6-13-7-15-17(9-27)30-16(22(29(15)3)19(13)24(32)25(11)33-4)8-14-20-18(30)10-28-21(20)26(34-5)12(2)23(14)31/h6,10,15-17,22,28,31-32H,7-8H2,1-5H3/t15-,16?,17+,22?/m1/s1. The van der Waals surface area contributed by atoms with E-state index in [-0.39, 0.29) is 35.7 Å². The second kappa shape index (κ2) is 6.97. The first-order valence-electron chi connectivity index (χ1n) is 11.5. The molecule has 176 valence electrons. The Morgan fingerprint density at radius 1 is 1.09 bits per heavy atom. The molecule has 1 saturated heterocycles. The third-order valence-electron chi connectivity index (χ3n) is 8.24. The van der Waals surface area contributed by atoms with E-state index in [9.17, 15) is 15.5 Å². The summed E-state index contributed by atoms with van der Waals surface area (Å²) in [5, 5.41) is 33.8. The molecule has 0 spiro atoms. The Kier molecular flexibility index (Phi) is 4.30. The summed E-state index contributed by atoms with van der Waals surface area (Å²) >= 11 is 0. The number of nitrogens with zero attached hydrogens (tertiary/aromatic N) is 3. The summed E-state index contributed by atoms with van der Waals surface area (Å²) < 4.78 is 11.2. The molecule has 2 unspecified atom stereocenters. The summed E-state index contributed by atoms with van der Waals surface area (Å²) in [6.45, 7) is 3.79. The van der Waals surface area contributed by atoms with Gasteiger partial charge in [0.05, 0.1) is 43.6 Å². The van der Waals surface area contributed by atoms with Gasteiger partial charge in [0, 0.05) is 34.3 Å². The lowest BCUT2D eigenvalue weighted by molar-refractivity contribution is 0.0759. The Morgan fingerprint density at radius 2 is 1.82 bits per heavy atom. The highest BCUT2D eigenvalue weighted by Gasteiger charge is 2.53. The van der Waals surface area contributed by atoms with E-state index < -0.39 is 0 Å². The number of anilines is 1. The van der Waals surface area contributed by atoms with E-state index in [1.54, 1.807) is 14.2 Å². The molecule has 3 aromatic rings. The number of likely N-dealkylation sites (N-methyl/N-ethyl adjacent to an activating group) is 1. The van der Waals surface area contributed by atoms with Gasteiger partial charge in [0.1, 0.15) is 17.5 Å². The van der Waals surface area contributed by atoms with Gasteiger partial charge in [-0.15, -0.1) is 0 Å². The van der Waals surface area contributed by atoms with E-state index in [4.69, 9.17) is 9.47 Å². The van der Waals surface area contributed by atoms with Gasteiger partial charge >= 0.3 is 0 Å². The summed E-state index contributed by atoms with van der Waals surface area (Å²) in [4.78, 5) is 7.78. The number of hydrogen-bond acceptors (Lipinski definition) is 7. The summed E-state index contributed by atoms with van der Waals surface area (Å²) in [5.74, 6) is 1.50. The molecule has 34 heavy (non-hydrogen) atoms. The van der Waals surface area contributed by atoms with E-state index in [0.29, 0.717) is 29.9 Å². The molecular formula is C26H28N4O4. The number of piperazine rings is 1. The molecular weight excluding hydrogens is 432 g/mol. The Hall–Kier alpha value is -3.57. The number of H-pyrrole nitrogens is 1. The molecule has 0 radical (unpaired) electrons. The minimum atomic E-state index is -0.384. The van der Waals surface area contributed by atoms with Crippen molar-refractivity contribution >= 4 is 16.6 Å². The van der Waals surface area contributed by atoms with Crippen molar-refractivity contribution < 1.29 is 19.7 Å². The van der Waals surface area contributed by atoms with Gasteiger partial charge in [-0.3, -0.25) is 4.90 Å². The van der Waals surface area contributed by atoms with Gasteiger partial charge in [-0.1, -0.05) is 6.07 Å². The predicted molar refractivity (Wildman–Crippen MR) is 128 cm³/mol. The van der Waals surface area contributed by atoms with Crippen molar-refractivity contribution in [3.8, 4) is 29.1 Å². The quantitative estimate of drug-likeness (QED) is 0.538. The third kappa shape index (κ3) is 2.35. The molecule has 2 bridgehead atoms. The van der Waals surface area contributed by atoms with Crippen LogP contribution >= 0.6 is 0 Å². The van der Waals surface area contributed by atoms with Gasteiger partial charge in [-0.2, -0.15) is 5.26 Å². The van der Waals surface area contributed by atoms with Crippen molar-refractivity contribution in [1.29, 1.82) is 5.26 Å². The zero-order valence-corrected chi connectivity index (χ0v) is 19.9. The maximum absolute atomic E-state index is 11.3. The number of nitrogens with one attached hydrogen (secondary N) is 1. The minimum absolute atomic E-state index is 0.0432. The summed E-state index contributed by atoms with van der Waals surface area (Å²) in [5.41, 5.74) is 6.06. The van der Waals surface area contributed by atoms with Crippen LogP contribution < -0.4 is 14.4 Å². The summed E-state index contributed by atoms with van der Waals surface area (Å²) in [6, 6.07) is 3.91. The number of methoxy groups -OCH3 is 2. The number of hydrogen-bond donors (Lipinski definition) is 3. The number of ether oxygens (including phenoxy) is 2. The third-order valence-corrected chi connectivity index (χ3v) is 8.24. The lowest BCUT2D eigenvalue weighted by Gasteiger charge is -2.58. The van der Waals surface area contributed by atoms with Crippen LogP contribution in [0.2, 0.25) is 0 Å². The van der Waals surface area contributed by atoms with Gasteiger partial charge in [0.15, 0.2) is 11.5 Å². The lowest BCUT2D eigenvalue weighted by atomic mass is 9.73. The molecule has 3 aliphatic rings. The minimum Gasteiger partial charge on any atom is -0.507 e. The number of rotatable bonds is 2. The molecule has 8 heteroatoms. The molecule has 0 amide bonds. The average molecular weight is 461 g/mol. The van der Waals surface area contributed by atoms with Crippen LogP contribution in [0.5, 0.6) is 23.0 Å². The molecule has 3 aliphatic heterocycles. The van der Waals surface area contributed by atoms with Gasteiger partial charge in [-0.05, 0) is 44.9 Å². The van der Waals surface area contributed by atoms with E-state index in [1.165, 1.54) is 0 Å². The number of phenols is 2. The van der Waals surface area contributed by atoms with E-state index >= 15 is 0 Å². The van der Waals surface area contributed by atoms with Gasteiger partial charge in [0.2, 0.25) is 0 Å². The van der Waals surface area contributed by atoms with Crippen molar-refractivity contribution in [2.75, 3.05) is 26.2 Å². The average Bonchev–Trinajstić information content (AvgIpc) is 3.24. The van der Waals surface area contributed by atoms with Gasteiger partial charge in [0.25, 0.3) is 0 Å². The van der Waals surface area contributed by atoms with E-state index in [2.05, 4.69) is 26.9 Å². The maximum Gasteiger partial charge on any atom is 0.163 e. The number of aromatic nitrogens is 1. The molecule has 1 aromatic heterocycles. The Balaban J connectivity index is 1.63. The monoisotopic (exact) mass is 460 g/mol. The highest BCUT2D eigenvalue weighted by atomic mass is 16.5. The Morgan fingerprint density at radius 3 is 2.50 bits per heavy atom. The molecule has 0 saturated carbocycles. The first-order valence-corrected chi connectivity index (χ1v) is 11.5. The van der Waals surface area contributed by atoms with Crippen molar-refractivity contribution in [3.63, 3.8) is 0 Å². The highest BCUT2D eigenvalue weighted by molar-refractivity contribution is 6.03. The van der Waals surface area contributed by atoms with Crippen molar-refractivity contribution in [3.05, 3.63) is 40.1 Å². The van der Waals surface area contributed by atoms with E-state index in [1.807, 2.05) is 27.1 Å². The fraction of sp³-hybridized carbons (Fsp3) is 0.423. The summed E-state index contributed by atoms with van der Waals surface area (Å²) in [7, 11) is 5.21. The number of phenolic OH excluding ortho intramolecular Hbond substituents is 2. The van der Waals surface area contributed by atoms with Crippen LogP contribution in [-0.2, 0) is 12.8 Å². The van der Waals surface area contributed by atoms with Crippen LogP contribution in [-0.4, -0.2) is 59.5 Å². The largest absolute Gasteiger partial charge is 0.507 e.